The smallest absolute Gasteiger partial charge is 0.246 e. The molecule has 6 nitrogen and oxygen atoms in total. The van der Waals surface area contributed by atoms with Gasteiger partial charge in [-0.15, -0.1) is 0 Å². The van der Waals surface area contributed by atoms with Crippen LogP contribution < -0.4 is 0 Å². The Morgan fingerprint density at radius 1 is 1.37 bits per heavy atom. The van der Waals surface area contributed by atoms with Crippen LogP contribution in [0.3, 0.4) is 0 Å². The minimum atomic E-state index is 0.494. The number of hydrogen-bond acceptors (Lipinski definition) is 5. The number of oxazole rings is 1. The summed E-state index contributed by atoms with van der Waals surface area (Å²) < 4.78 is 12.3. The molecule has 0 unspecified atom stereocenters. The number of halogens is 1. The first-order valence-electron chi connectivity index (χ1n) is 6.17. The van der Waals surface area contributed by atoms with Crippen molar-refractivity contribution >= 4 is 11.6 Å². The minimum Gasteiger partial charge on any atom is -0.443 e. The highest BCUT2D eigenvalue weighted by molar-refractivity contribution is 6.33. The molecule has 7 heteroatoms. The molecule has 102 valence electrons. The van der Waals surface area contributed by atoms with E-state index in [1.807, 2.05) is 7.05 Å². The largest absolute Gasteiger partial charge is 0.443 e. The number of aryl methyl sites for hydroxylation is 1. The molecule has 3 rings (SSSR count). The second-order valence-electron chi connectivity index (χ2n) is 4.46. The summed E-state index contributed by atoms with van der Waals surface area (Å²) in [5.74, 6) is 0.494. The van der Waals surface area contributed by atoms with E-state index in [0.29, 0.717) is 10.9 Å². The third kappa shape index (κ3) is 2.51. The van der Waals surface area contributed by atoms with E-state index >= 15 is 0 Å². The monoisotopic (exact) mass is 282 g/mol. The molecule has 0 amide bonds. The van der Waals surface area contributed by atoms with Crippen molar-refractivity contribution < 1.29 is 9.15 Å². The van der Waals surface area contributed by atoms with Crippen LogP contribution in [0.1, 0.15) is 5.69 Å². The molecule has 0 saturated carbocycles. The maximum absolute atomic E-state index is 6.40. The summed E-state index contributed by atoms with van der Waals surface area (Å²) in [7, 11) is 1.84. The van der Waals surface area contributed by atoms with Gasteiger partial charge in [0.05, 0.1) is 30.1 Å². The van der Waals surface area contributed by atoms with Crippen LogP contribution in [-0.4, -0.2) is 46.0 Å². The summed E-state index contributed by atoms with van der Waals surface area (Å²) in [6.07, 6.45) is 3.13. The molecule has 0 atom stereocenters. The molecule has 1 aliphatic rings. The Balaban J connectivity index is 1.85. The molecule has 3 heterocycles. The summed E-state index contributed by atoms with van der Waals surface area (Å²) in [5, 5.41) is 5.07. The van der Waals surface area contributed by atoms with Gasteiger partial charge in [-0.3, -0.25) is 9.58 Å². The topological polar surface area (TPSA) is 56.3 Å². The van der Waals surface area contributed by atoms with E-state index in [4.69, 9.17) is 20.8 Å². The minimum absolute atomic E-state index is 0.494. The number of hydrogen-bond donors (Lipinski definition) is 0. The zero-order valence-electron chi connectivity index (χ0n) is 10.7. The molecule has 2 aromatic heterocycles. The van der Waals surface area contributed by atoms with E-state index in [1.54, 1.807) is 10.9 Å². The van der Waals surface area contributed by atoms with Gasteiger partial charge in [-0.1, -0.05) is 11.6 Å². The molecule has 0 aliphatic carbocycles. The molecule has 0 spiro atoms. The van der Waals surface area contributed by atoms with Gasteiger partial charge in [-0.05, 0) is 0 Å². The van der Waals surface area contributed by atoms with Crippen LogP contribution in [0.5, 0.6) is 0 Å². The highest BCUT2D eigenvalue weighted by Crippen LogP contribution is 2.29. The lowest BCUT2D eigenvalue weighted by Crippen LogP contribution is -2.35. The fourth-order valence-electron chi connectivity index (χ4n) is 2.20. The molecule has 0 bridgehead atoms. The van der Waals surface area contributed by atoms with E-state index < -0.39 is 0 Å². The van der Waals surface area contributed by atoms with Crippen LogP contribution in [0.4, 0.5) is 0 Å². The Morgan fingerprint density at radius 3 is 2.84 bits per heavy atom. The van der Waals surface area contributed by atoms with Crippen molar-refractivity contribution in [1.29, 1.82) is 0 Å². The molecule has 2 aromatic rings. The summed E-state index contributed by atoms with van der Waals surface area (Å²) in [4.78, 5) is 6.40. The zero-order chi connectivity index (χ0) is 13.2. The molecule has 1 fully saturated rings. The summed E-state index contributed by atoms with van der Waals surface area (Å²) in [5.41, 5.74) is 1.56. The molecular formula is C12H15ClN4O2. The number of nitrogens with zero attached hydrogens (tertiary/aromatic N) is 4. The van der Waals surface area contributed by atoms with Crippen LogP contribution >= 0.6 is 11.6 Å². The van der Waals surface area contributed by atoms with Gasteiger partial charge in [0.2, 0.25) is 5.89 Å². The number of aromatic nitrogens is 3. The molecule has 0 aromatic carbocycles. The van der Waals surface area contributed by atoms with E-state index in [1.165, 1.54) is 6.26 Å². The average Bonchev–Trinajstić information content (AvgIpc) is 3.01. The lowest BCUT2D eigenvalue weighted by Gasteiger charge is -2.25. The molecule has 19 heavy (non-hydrogen) atoms. The molecular weight excluding hydrogens is 268 g/mol. The fourth-order valence-corrected chi connectivity index (χ4v) is 2.50. The first-order valence-corrected chi connectivity index (χ1v) is 6.55. The predicted molar refractivity (Wildman–Crippen MR) is 69.8 cm³/mol. The quantitative estimate of drug-likeness (QED) is 0.855. The van der Waals surface area contributed by atoms with Crippen molar-refractivity contribution in [3.8, 4) is 11.6 Å². The second kappa shape index (κ2) is 5.32. The molecule has 1 saturated heterocycles. The van der Waals surface area contributed by atoms with Gasteiger partial charge in [-0.2, -0.15) is 5.10 Å². The third-order valence-corrected chi connectivity index (χ3v) is 3.56. The van der Waals surface area contributed by atoms with Gasteiger partial charge in [0.1, 0.15) is 12.0 Å². The van der Waals surface area contributed by atoms with Crippen LogP contribution in [0, 0.1) is 0 Å². The lowest BCUT2D eigenvalue weighted by molar-refractivity contribution is 0.0336. The maximum atomic E-state index is 6.40. The van der Waals surface area contributed by atoms with Gasteiger partial charge < -0.3 is 9.15 Å². The molecule has 0 N–H and O–H groups in total. The van der Waals surface area contributed by atoms with E-state index in [9.17, 15) is 0 Å². The first kappa shape index (κ1) is 12.7. The highest BCUT2D eigenvalue weighted by atomic mass is 35.5. The Morgan fingerprint density at radius 2 is 2.16 bits per heavy atom. The van der Waals surface area contributed by atoms with Gasteiger partial charge in [-0.25, -0.2) is 4.98 Å². The SMILES string of the molecule is Cn1nc(CN2CCOCC2)c(Cl)c1-c1ncco1. The maximum Gasteiger partial charge on any atom is 0.246 e. The number of rotatable bonds is 3. The van der Waals surface area contributed by atoms with Crippen molar-refractivity contribution in [1.82, 2.24) is 19.7 Å². The van der Waals surface area contributed by atoms with Crippen molar-refractivity contribution in [2.75, 3.05) is 26.3 Å². The number of morpholine rings is 1. The predicted octanol–water partition coefficient (Wildman–Crippen LogP) is 1.56. The summed E-state index contributed by atoms with van der Waals surface area (Å²) in [6, 6.07) is 0. The summed E-state index contributed by atoms with van der Waals surface area (Å²) >= 11 is 6.40. The van der Waals surface area contributed by atoms with Crippen molar-refractivity contribution in [2.24, 2.45) is 7.05 Å². The van der Waals surface area contributed by atoms with Crippen molar-refractivity contribution in [3.63, 3.8) is 0 Å². The average molecular weight is 283 g/mol. The van der Waals surface area contributed by atoms with Gasteiger partial charge >= 0.3 is 0 Å². The Bertz CT molecular complexity index is 546. The van der Waals surface area contributed by atoms with Crippen LogP contribution in [-0.2, 0) is 18.3 Å². The van der Waals surface area contributed by atoms with Crippen LogP contribution in [0.25, 0.3) is 11.6 Å². The lowest BCUT2D eigenvalue weighted by atomic mass is 10.3. The Labute approximate surface area is 115 Å². The third-order valence-electron chi connectivity index (χ3n) is 3.17. The Kier molecular flexibility index (Phi) is 3.54. The van der Waals surface area contributed by atoms with Crippen LogP contribution in [0.2, 0.25) is 5.02 Å². The first-order chi connectivity index (χ1) is 9.25. The summed E-state index contributed by atoms with van der Waals surface area (Å²) in [6.45, 7) is 4.05. The standard InChI is InChI=1S/C12H15ClN4O2/c1-16-11(12-14-2-5-19-12)10(13)9(15-16)8-17-3-6-18-7-4-17/h2,5H,3-4,6-8H2,1H3. The fraction of sp³-hybridized carbons (Fsp3) is 0.500. The highest BCUT2D eigenvalue weighted by Gasteiger charge is 2.21. The van der Waals surface area contributed by atoms with Crippen molar-refractivity contribution in [2.45, 2.75) is 6.54 Å². The van der Waals surface area contributed by atoms with Crippen LogP contribution in [0.15, 0.2) is 16.9 Å². The second-order valence-corrected chi connectivity index (χ2v) is 4.84. The zero-order valence-corrected chi connectivity index (χ0v) is 11.4. The Hall–Kier alpha value is -1.37. The van der Waals surface area contributed by atoms with Gasteiger partial charge in [0.25, 0.3) is 0 Å². The normalized spacial score (nSPS) is 16.9. The van der Waals surface area contributed by atoms with E-state index in [-0.39, 0.29) is 0 Å². The van der Waals surface area contributed by atoms with E-state index in [2.05, 4.69) is 15.0 Å². The molecule has 1 aliphatic heterocycles. The van der Waals surface area contributed by atoms with Gasteiger partial charge in [0, 0.05) is 26.7 Å². The molecule has 0 radical (unpaired) electrons. The van der Waals surface area contributed by atoms with Gasteiger partial charge in [0.15, 0.2) is 0 Å². The van der Waals surface area contributed by atoms with E-state index in [0.717, 1.165) is 44.2 Å². The number of ether oxygens (including phenoxy) is 1. The van der Waals surface area contributed by atoms with Crippen molar-refractivity contribution in [3.05, 3.63) is 23.2 Å².